The Morgan fingerprint density at radius 3 is 2.36 bits per heavy atom. The quantitative estimate of drug-likeness (QED) is 0.431. The van der Waals surface area contributed by atoms with Crippen LogP contribution in [-0.4, -0.2) is 23.2 Å². The summed E-state index contributed by atoms with van der Waals surface area (Å²) in [6.45, 7) is 0. The lowest BCUT2D eigenvalue weighted by atomic mass is 10.1. The van der Waals surface area contributed by atoms with Crippen molar-refractivity contribution in [2.75, 3.05) is 0 Å². The third kappa shape index (κ3) is 2.42. The lowest BCUT2D eigenvalue weighted by Crippen LogP contribution is -2.48. The van der Waals surface area contributed by atoms with Gasteiger partial charge in [-0.2, -0.15) is 8.42 Å². The fraction of sp³-hybridized carbons (Fsp3) is 0.333. The predicted molar refractivity (Wildman–Crippen MR) is 56.0 cm³/mol. The maximum absolute atomic E-state index is 10.9. The third-order valence-electron chi connectivity index (χ3n) is 1.63. The molecule has 80 valence electrons. The summed E-state index contributed by atoms with van der Waals surface area (Å²) in [5.74, 6) is 0. The lowest BCUT2D eigenvalue weighted by Gasteiger charge is -2.27. The van der Waals surface area contributed by atoms with E-state index in [1.54, 1.807) is 0 Å². The molecule has 1 aliphatic rings. The molecule has 1 aliphatic carbocycles. The molecule has 14 heavy (non-hydrogen) atoms. The van der Waals surface area contributed by atoms with Gasteiger partial charge in [0.25, 0.3) is 10.1 Å². The van der Waals surface area contributed by atoms with Gasteiger partial charge in [-0.3, -0.25) is 4.55 Å². The van der Waals surface area contributed by atoms with Crippen LogP contribution in [0.2, 0.25) is 0 Å². The SMILES string of the molecule is NC1(Cl)C=C(Cl)C(Cl)=CC1S(=O)(=O)O. The van der Waals surface area contributed by atoms with Gasteiger partial charge in [0.1, 0.15) is 10.2 Å². The van der Waals surface area contributed by atoms with Crippen LogP contribution in [0, 0.1) is 0 Å². The van der Waals surface area contributed by atoms with Gasteiger partial charge in [0.2, 0.25) is 0 Å². The van der Waals surface area contributed by atoms with Crippen LogP contribution in [-0.2, 0) is 10.1 Å². The van der Waals surface area contributed by atoms with Crippen LogP contribution in [0.15, 0.2) is 22.2 Å². The summed E-state index contributed by atoms with van der Waals surface area (Å²) in [4.78, 5) is -1.79. The normalized spacial score (nSPS) is 33.6. The Kier molecular flexibility index (Phi) is 3.21. The summed E-state index contributed by atoms with van der Waals surface area (Å²) in [7, 11) is -4.41. The third-order valence-corrected chi connectivity index (χ3v) is 4.01. The molecule has 0 aromatic rings. The van der Waals surface area contributed by atoms with Crippen molar-refractivity contribution in [1.82, 2.24) is 0 Å². The topological polar surface area (TPSA) is 80.4 Å². The predicted octanol–water partition coefficient (Wildman–Crippen LogP) is 1.40. The van der Waals surface area contributed by atoms with E-state index < -0.39 is 20.4 Å². The molecule has 0 saturated carbocycles. The molecule has 3 N–H and O–H groups in total. The summed E-state index contributed by atoms with van der Waals surface area (Å²) in [5, 5.41) is -1.48. The molecule has 1 rings (SSSR count). The average molecular weight is 279 g/mol. The summed E-state index contributed by atoms with van der Waals surface area (Å²) in [6.07, 6.45) is 2.06. The van der Waals surface area contributed by atoms with E-state index in [4.69, 9.17) is 45.1 Å². The Balaban J connectivity index is 3.25. The van der Waals surface area contributed by atoms with Gasteiger partial charge < -0.3 is 5.73 Å². The number of hydrogen-bond acceptors (Lipinski definition) is 3. The molecular weight excluding hydrogens is 272 g/mol. The first-order chi connectivity index (χ1) is 6.14. The highest BCUT2D eigenvalue weighted by Gasteiger charge is 2.41. The smallest absolute Gasteiger partial charge is 0.274 e. The zero-order valence-electron chi connectivity index (χ0n) is 6.62. The van der Waals surface area contributed by atoms with Crippen LogP contribution in [0.25, 0.3) is 0 Å². The van der Waals surface area contributed by atoms with E-state index in [0.717, 1.165) is 12.2 Å². The Bertz CT molecular complexity index is 412. The molecule has 2 atom stereocenters. The van der Waals surface area contributed by atoms with Crippen molar-refractivity contribution >= 4 is 44.9 Å². The van der Waals surface area contributed by atoms with Gasteiger partial charge in [-0.15, -0.1) is 0 Å². The first-order valence-corrected chi connectivity index (χ1v) is 5.98. The average Bonchev–Trinajstić information content (AvgIpc) is 1.93. The highest BCUT2D eigenvalue weighted by molar-refractivity contribution is 7.86. The molecule has 0 aliphatic heterocycles. The molecule has 2 unspecified atom stereocenters. The van der Waals surface area contributed by atoms with Crippen molar-refractivity contribution in [3.05, 3.63) is 22.2 Å². The summed E-state index contributed by atoms with van der Waals surface area (Å²) in [5.41, 5.74) is 5.42. The zero-order valence-corrected chi connectivity index (χ0v) is 9.70. The van der Waals surface area contributed by atoms with Crippen molar-refractivity contribution < 1.29 is 13.0 Å². The molecule has 0 spiro atoms. The molecule has 0 bridgehead atoms. The first kappa shape index (κ1) is 12.3. The maximum atomic E-state index is 10.9. The van der Waals surface area contributed by atoms with Crippen molar-refractivity contribution in [1.29, 1.82) is 0 Å². The van der Waals surface area contributed by atoms with Gasteiger partial charge >= 0.3 is 0 Å². The minimum absolute atomic E-state index is 0.0176. The number of nitrogens with two attached hydrogens (primary N) is 1. The van der Waals surface area contributed by atoms with Gasteiger partial charge in [-0.25, -0.2) is 0 Å². The molecule has 0 fully saturated rings. The Hall–Kier alpha value is 0.220. The van der Waals surface area contributed by atoms with Crippen LogP contribution < -0.4 is 5.73 Å². The van der Waals surface area contributed by atoms with E-state index in [1.165, 1.54) is 0 Å². The molecule has 0 heterocycles. The van der Waals surface area contributed by atoms with Gasteiger partial charge in [0.05, 0.1) is 10.1 Å². The van der Waals surface area contributed by atoms with Crippen molar-refractivity contribution in [2.45, 2.75) is 10.2 Å². The van der Waals surface area contributed by atoms with E-state index in [0.29, 0.717) is 0 Å². The lowest BCUT2D eigenvalue weighted by molar-refractivity contribution is 0.465. The molecule has 0 radical (unpaired) electrons. The number of allylic oxidation sites excluding steroid dienone is 2. The van der Waals surface area contributed by atoms with Crippen LogP contribution in [0.5, 0.6) is 0 Å². The maximum Gasteiger partial charge on any atom is 0.274 e. The van der Waals surface area contributed by atoms with Gasteiger partial charge in [0.15, 0.2) is 0 Å². The summed E-state index contributed by atoms with van der Waals surface area (Å²) in [6, 6.07) is 0. The Morgan fingerprint density at radius 1 is 1.43 bits per heavy atom. The largest absolute Gasteiger partial charge is 0.308 e. The molecular formula is C6H6Cl3NO3S. The van der Waals surface area contributed by atoms with E-state index in [2.05, 4.69) is 0 Å². The molecule has 8 heteroatoms. The van der Waals surface area contributed by atoms with E-state index >= 15 is 0 Å². The van der Waals surface area contributed by atoms with E-state index in [9.17, 15) is 8.42 Å². The van der Waals surface area contributed by atoms with E-state index in [-0.39, 0.29) is 10.1 Å². The first-order valence-electron chi connectivity index (χ1n) is 3.35. The Morgan fingerprint density at radius 2 is 1.93 bits per heavy atom. The van der Waals surface area contributed by atoms with Crippen molar-refractivity contribution in [3.63, 3.8) is 0 Å². The minimum atomic E-state index is -4.41. The van der Waals surface area contributed by atoms with Crippen molar-refractivity contribution in [2.24, 2.45) is 5.73 Å². The standard InChI is InChI=1S/C6H6Cl3NO3S/c7-3-1-5(14(11,12)13)6(9,10)2-4(3)8/h1-2,5H,10H2,(H,11,12,13). The fourth-order valence-electron chi connectivity index (χ4n) is 1.000. The number of hydrogen-bond donors (Lipinski definition) is 2. The number of halogens is 3. The van der Waals surface area contributed by atoms with Crippen LogP contribution in [0.3, 0.4) is 0 Å². The number of alkyl halides is 1. The molecule has 0 aromatic heterocycles. The highest BCUT2D eigenvalue weighted by atomic mass is 35.5. The van der Waals surface area contributed by atoms with Crippen molar-refractivity contribution in [3.8, 4) is 0 Å². The molecule has 0 amide bonds. The molecule has 4 nitrogen and oxygen atoms in total. The fourth-order valence-corrected chi connectivity index (χ4v) is 2.90. The summed E-state index contributed by atoms with van der Waals surface area (Å²) < 4.78 is 30.6. The zero-order chi connectivity index (χ0) is 11.1. The second-order valence-electron chi connectivity index (χ2n) is 2.77. The number of rotatable bonds is 1. The van der Waals surface area contributed by atoms with Gasteiger partial charge in [-0.1, -0.05) is 34.8 Å². The molecule has 0 aromatic carbocycles. The van der Waals surface area contributed by atoms with Crippen LogP contribution in [0.4, 0.5) is 0 Å². The second-order valence-corrected chi connectivity index (χ2v) is 5.78. The van der Waals surface area contributed by atoms with Crippen LogP contribution >= 0.6 is 34.8 Å². The highest BCUT2D eigenvalue weighted by Crippen LogP contribution is 2.34. The monoisotopic (exact) mass is 277 g/mol. The second kappa shape index (κ2) is 3.66. The Labute approximate surface area is 96.1 Å². The van der Waals surface area contributed by atoms with Gasteiger partial charge in [-0.05, 0) is 12.2 Å². The van der Waals surface area contributed by atoms with E-state index in [1.807, 2.05) is 0 Å². The minimum Gasteiger partial charge on any atom is -0.308 e. The van der Waals surface area contributed by atoms with Gasteiger partial charge in [0, 0.05) is 0 Å². The van der Waals surface area contributed by atoms with Crippen LogP contribution in [0.1, 0.15) is 0 Å². The molecule has 0 saturated heterocycles. The summed E-state index contributed by atoms with van der Waals surface area (Å²) >= 11 is 16.8.